The number of amides is 1. The normalized spacial score (nSPS) is 13.9. The number of carbonyl (C=O) groups is 3. The minimum atomic E-state index is -2.59. The monoisotopic (exact) mass is 401 g/mol. The Labute approximate surface area is 166 Å². The fourth-order valence-corrected chi connectivity index (χ4v) is 2.53. The van der Waals surface area contributed by atoms with Gasteiger partial charge in [-0.3, -0.25) is 4.79 Å². The summed E-state index contributed by atoms with van der Waals surface area (Å²) in [4.78, 5) is 35.8. The number of rotatable bonds is 9. The van der Waals surface area contributed by atoms with E-state index in [-0.39, 0.29) is 13.0 Å². The van der Waals surface area contributed by atoms with Crippen molar-refractivity contribution in [1.29, 1.82) is 0 Å². The second kappa shape index (κ2) is 10.1. The molecule has 2 rings (SSSR count). The lowest BCUT2D eigenvalue weighted by Gasteiger charge is -2.29. The molecule has 0 saturated heterocycles. The maximum absolute atomic E-state index is 13.4. The zero-order valence-electron chi connectivity index (χ0n) is 15.6. The van der Waals surface area contributed by atoms with Crippen LogP contribution in [0.2, 0.25) is 0 Å². The van der Waals surface area contributed by atoms with Gasteiger partial charge in [-0.1, -0.05) is 48.5 Å². The molecule has 0 aliphatic carbocycles. The van der Waals surface area contributed by atoms with Crippen molar-refractivity contribution in [3.63, 3.8) is 0 Å². The summed E-state index contributed by atoms with van der Waals surface area (Å²) >= 11 is 0. The van der Waals surface area contributed by atoms with Crippen molar-refractivity contribution in [3.05, 3.63) is 77.6 Å². The summed E-state index contributed by atoms with van der Waals surface area (Å²) in [6.07, 6.45) is 2.32. The van der Waals surface area contributed by atoms with Gasteiger partial charge in [-0.25, -0.2) is 14.0 Å². The molecule has 1 amide bonds. The summed E-state index contributed by atoms with van der Waals surface area (Å²) < 4.78 is 23.1. The molecule has 7 nitrogen and oxygen atoms in total. The van der Waals surface area contributed by atoms with Gasteiger partial charge in [0.2, 0.25) is 12.0 Å². The van der Waals surface area contributed by atoms with Gasteiger partial charge >= 0.3 is 11.9 Å². The zero-order chi connectivity index (χ0) is 21.3. The van der Waals surface area contributed by atoms with Gasteiger partial charge in [-0.05, 0) is 29.3 Å². The predicted molar refractivity (Wildman–Crippen MR) is 102 cm³/mol. The Morgan fingerprint density at radius 3 is 2.55 bits per heavy atom. The van der Waals surface area contributed by atoms with Crippen LogP contribution in [0, 0.1) is 5.82 Å². The first kappa shape index (κ1) is 21.8. The predicted octanol–water partition coefficient (Wildman–Crippen LogP) is 1.60. The lowest BCUT2D eigenvalue weighted by Crippen LogP contribution is -2.59. The fraction of sp³-hybridized carbons (Fsp3) is 0.190. The van der Waals surface area contributed by atoms with E-state index in [1.165, 1.54) is 24.3 Å². The van der Waals surface area contributed by atoms with E-state index in [0.29, 0.717) is 11.1 Å². The number of hydrogen-bond donors (Lipinski definition) is 2. The van der Waals surface area contributed by atoms with E-state index < -0.39 is 29.4 Å². The molecule has 8 heteroatoms. The van der Waals surface area contributed by atoms with Gasteiger partial charge in [0.1, 0.15) is 12.4 Å². The van der Waals surface area contributed by atoms with Crippen LogP contribution >= 0.6 is 0 Å². The molecule has 0 aromatic heterocycles. The van der Waals surface area contributed by atoms with Crippen LogP contribution in [-0.2, 0) is 30.5 Å². The van der Waals surface area contributed by atoms with Crippen LogP contribution in [0.5, 0.6) is 0 Å². The van der Waals surface area contributed by atoms with Gasteiger partial charge < -0.3 is 19.9 Å². The minimum Gasteiger partial charge on any atom is -0.467 e. The third-order valence-corrected chi connectivity index (χ3v) is 4.03. The highest BCUT2D eigenvalue weighted by Gasteiger charge is 2.48. The van der Waals surface area contributed by atoms with Crippen molar-refractivity contribution in [3.8, 4) is 0 Å². The number of halogens is 1. The maximum Gasteiger partial charge on any atom is 0.344 e. The lowest BCUT2D eigenvalue weighted by molar-refractivity contribution is -0.169. The largest absolute Gasteiger partial charge is 0.467 e. The smallest absolute Gasteiger partial charge is 0.344 e. The molecule has 2 N–H and O–H groups in total. The van der Waals surface area contributed by atoms with E-state index in [1.54, 1.807) is 30.3 Å². The summed E-state index contributed by atoms with van der Waals surface area (Å²) in [5.41, 5.74) is -1.60. The Morgan fingerprint density at radius 2 is 1.93 bits per heavy atom. The number of methoxy groups -OCH3 is 1. The second-order valence-electron chi connectivity index (χ2n) is 6.02. The van der Waals surface area contributed by atoms with Gasteiger partial charge in [0.25, 0.3) is 0 Å². The highest BCUT2D eigenvalue weighted by molar-refractivity contribution is 5.93. The quantitative estimate of drug-likeness (QED) is 0.489. The Balaban J connectivity index is 2.29. The molecule has 0 aliphatic rings. The van der Waals surface area contributed by atoms with Crippen molar-refractivity contribution in [2.45, 2.75) is 18.2 Å². The molecule has 0 unspecified atom stereocenters. The van der Waals surface area contributed by atoms with E-state index >= 15 is 0 Å². The van der Waals surface area contributed by atoms with Gasteiger partial charge in [-0.15, -0.1) is 0 Å². The van der Waals surface area contributed by atoms with Crippen LogP contribution in [0.25, 0.3) is 6.08 Å². The number of nitrogens with one attached hydrogen (secondary N) is 1. The molecule has 2 aromatic rings. The minimum absolute atomic E-state index is 0.137. The van der Waals surface area contributed by atoms with Crippen LogP contribution in [0.15, 0.2) is 60.7 Å². The Morgan fingerprint density at radius 1 is 1.21 bits per heavy atom. The van der Waals surface area contributed by atoms with Gasteiger partial charge in [0.05, 0.1) is 7.11 Å². The van der Waals surface area contributed by atoms with E-state index in [1.807, 2.05) is 0 Å². The summed E-state index contributed by atoms with van der Waals surface area (Å²) in [5.74, 6) is -2.79. The van der Waals surface area contributed by atoms with E-state index in [0.717, 1.165) is 19.3 Å². The number of ether oxygens (including phenoxy) is 2. The van der Waals surface area contributed by atoms with E-state index in [2.05, 4.69) is 10.1 Å². The molecule has 2 aromatic carbocycles. The Kier molecular flexibility index (Phi) is 7.62. The van der Waals surface area contributed by atoms with Crippen molar-refractivity contribution in [2.75, 3.05) is 7.11 Å². The number of esters is 2. The van der Waals surface area contributed by atoms with Crippen LogP contribution in [0.4, 0.5) is 4.39 Å². The standard InChI is InChI=1S/C21H20FNO6/c1-28-20(26)21(27,11-10-15-8-5-9-17(22)12-15)18(23-14-24)19(25)29-13-16-6-3-2-4-7-16/h2-12,14,18,27H,13H2,1H3,(H,23,24)/b11-10+/t18-,21+/m0/s1. The number of hydrogen-bond acceptors (Lipinski definition) is 6. The van der Waals surface area contributed by atoms with Gasteiger partial charge in [-0.2, -0.15) is 0 Å². The summed E-state index contributed by atoms with van der Waals surface area (Å²) in [5, 5.41) is 13.0. The SMILES string of the molecule is COC(=O)[C@@](O)(/C=C/c1cccc(F)c1)[C@@H](NC=O)C(=O)OCc1ccccc1. The lowest BCUT2D eigenvalue weighted by atomic mass is 9.92. The second-order valence-corrected chi connectivity index (χ2v) is 6.02. The molecule has 0 heterocycles. The summed E-state index contributed by atoms with van der Waals surface area (Å²) in [6.45, 7) is -0.137. The van der Waals surface area contributed by atoms with Crippen LogP contribution < -0.4 is 5.32 Å². The average molecular weight is 401 g/mol. The Bertz CT molecular complexity index is 886. The van der Waals surface area contributed by atoms with Crippen LogP contribution in [0.3, 0.4) is 0 Å². The van der Waals surface area contributed by atoms with Crippen molar-refractivity contribution in [2.24, 2.45) is 0 Å². The summed E-state index contributed by atoms with van der Waals surface area (Å²) in [6, 6.07) is 12.3. The molecule has 29 heavy (non-hydrogen) atoms. The maximum atomic E-state index is 13.4. The molecule has 152 valence electrons. The van der Waals surface area contributed by atoms with Crippen LogP contribution in [-0.4, -0.2) is 42.2 Å². The molecule has 0 bridgehead atoms. The van der Waals surface area contributed by atoms with Gasteiger partial charge in [0, 0.05) is 0 Å². The van der Waals surface area contributed by atoms with Crippen LogP contribution in [0.1, 0.15) is 11.1 Å². The molecule has 0 aliphatic heterocycles. The summed E-state index contributed by atoms with van der Waals surface area (Å²) in [7, 11) is 1.01. The molecular weight excluding hydrogens is 381 g/mol. The third-order valence-electron chi connectivity index (χ3n) is 4.03. The molecule has 2 atom stereocenters. The molecule has 0 radical (unpaired) electrons. The zero-order valence-corrected chi connectivity index (χ0v) is 15.6. The van der Waals surface area contributed by atoms with Crippen molar-refractivity contribution < 1.29 is 33.4 Å². The molecule has 0 saturated carbocycles. The van der Waals surface area contributed by atoms with E-state index in [4.69, 9.17) is 4.74 Å². The number of aliphatic hydroxyl groups is 1. The number of carbonyl (C=O) groups excluding carboxylic acids is 3. The van der Waals surface area contributed by atoms with E-state index in [9.17, 15) is 23.9 Å². The molecule has 0 fully saturated rings. The highest BCUT2D eigenvalue weighted by atomic mass is 19.1. The average Bonchev–Trinajstić information content (AvgIpc) is 2.74. The third kappa shape index (κ3) is 5.73. The first-order chi connectivity index (χ1) is 13.9. The van der Waals surface area contributed by atoms with Crippen molar-refractivity contribution in [1.82, 2.24) is 5.32 Å². The Hall–Kier alpha value is -3.52. The molecule has 0 spiro atoms. The van der Waals surface area contributed by atoms with Gasteiger partial charge in [0.15, 0.2) is 6.04 Å². The first-order valence-electron chi connectivity index (χ1n) is 8.56. The number of benzene rings is 2. The topological polar surface area (TPSA) is 102 Å². The fourth-order valence-electron chi connectivity index (χ4n) is 2.53. The first-order valence-corrected chi connectivity index (χ1v) is 8.56. The highest BCUT2D eigenvalue weighted by Crippen LogP contribution is 2.20. The molecular formula is C21H20FNO6. The van der Waals surface area contributed by atoms with Crippen molar-refractivity contribution >= 4 is 24.4 Å².